The van der Waals surface area contributed by atoms with E-state index in [4.69, 9.17) is 0 Å². The summed E-state index contributed by atoms with van der Waals surface area (Å²) in [6.45, 7) is 10.9. The number of benzene rings is 1. The molecule has 0 bridgehead atoms. The number of hydrogen-bond donors (Lipinski definition) is 1. The molecule has 190 valence electrons. The van der Waals surface area contributed by atoms with Crippen LogP contribution in [-0.2, 0) is 16.6 Å². The third-order valence-electron chi connectivity index (χ3n) is 6.58. The van der Waals surface area contributed by atoms with Crippen molar-refractivity contribution in [1.82, 2.24) is 18.7 Å². The van der Waals surface area contributed by atoms with Gasteiger partial charge in [-0.05, 0) is 70.5 Å². The van der Waals surface area contributed by atoms with Gasteiger partial charge in [-0.2, -0.15) is 4.31 Å². The second-order valence-electron chi connectivity index (χ2n) is 10.0. The van der Waals surface area contributed by atoms with E-state index in [1.807, 2.05) is 37.4 Å². The summed E-state index contributed by atoms with van der Waals surface area (Å²) in [7, 11) is 0.140. The van der Waals surface area contributed by atoms with Gasteiger partial charge in [0.1, 0.15) is 5.69 Å². The molecule has 34 heavy (non-hydrogen) atoms. The van der Waals surface area contributed by atoms with E-state index in [0.29, 0.717) is 55.6 Å². The van der Waals surface area contributed by atoms with Crippen LogP contribution in [0.1, 0.15) is 44.6 Å². The molecule has 9 heteroatoms. The molecule has 1 aromatic carbocycles. The molecule has 1 amide bonds. The summed E-state index contributed by atoms with van der Waals surface area (Å²) in [5, 5.41) is 11.3. The topological polar surface area (TPSA) is 86.1 Å². The number of nitrogens with zero attached hydrogens (tertiary/aromatic N) is 4. The Bertz CT molecular complexity index is 1100. The van der Waals surface area contributed by atoms with Crippen LogP contribution in [-0.4, -0.2) is 91.0 Å². The van der Waals surface area contributed by atoms with Crippen molar-refractivity contribution in [3.8, 4) is 0 Å². The number of hydrogen-bond acceptors (Lipinski definition) is 5. The molecule has 0 saturated carbocycles. The smallest absolute Gasteiger partial charge is 0.270 e. The van der Waals surface area contributed by atoms with E-state index in [2.05, 4.69) is 13.8 Å². The van der Waals surface area contributed by atoms with Gasteiger partial charge in [-0.25, -0.2) is 8.42 Å². The second kappa shape index (κ2) is 10.8. The van der Waals surface area contributed by atoms with Crippen LogP contribution in [0.15, 0.2) is 29.2 Å². The molecule has 2 heterocycles. The fourth-order valence-electron chi connectivity index (χ4n) is 5.10. The van der Waals surface area contributed by atoms with Crippen molar-refractivity contribution in [3.05, 3.63) is 30.0 Å². The van der Waals surface area contributed by atoms with Gasteiger partial charge in [0.05, 0.1) is 17.5 Å². The minimum atomic E-state index is -3.64. The maximum Gasteiger partial charge on any atom is 0.270 e. The van der Waals surface area contributed by atoms with Crippen LogP contribution in [0.2, 0.25) is 0 Å². The molecular weight excluding hydrogens is 452 g/mol. The largest absolute Gasteiger partial charge is 0.390 e. The molecule has 1 saturated heterocycles. The van der Waals surface area contributed by atoms with Crippen LogP contribution >= 0.6 is 0 Å². The average Bonchev–Trinajstić information content (AvgIpc) is 3.10. The Kier molecular flexibility index (Phi) is 8.44. The average molecular weight is 493 g/mol. The predicted octanol–water partition coefficient (Wildman–Crippen LogP) is 2.71. The predicted molar refractivity (Wildman–Crippen MR) is 135 cm³/mol. The third kappa shape index (κ3) is 5.64. The molecule has 1 aliphatic heterocycles. The molecule has 1 aromatic heterocycles. The molecular formula is C25H40N4O4S. The zero-order valence-electron chi connectivity index (χ0n) is 21.4. The van der Waals surface area contributed by atoms with Crippen molar-refractivity contribution in [3.63, 3.8) is 0 Å². The number of aliphatic hydroxyl groups is 1. The highest BCUT2D eigenvalue weighted by Gasteiger charge is 2.32. The first-order valence-electron chi connectivity index (χ1n) is 12.2. The zero-order valence-corrected chi connectivity index (χ0v) is 22.2. The van der Waals surface area contributed by atoms with Gasteiger partial charge >= 0.3 is 0 Å². The summed E-state index contributed by atoms with van der Waals surface area (Å²) in [5.74, 6) is 0.515. The number of amides is 1. The van der Waals surface area contributed by atoms with Crippen molar-refractivity contribution >= 4 is 26.8 Å². The molecule has 0 spiro atoms. The summed E-state index contributed by atoms with van der Waals surface area (Å²) >= 11 is 0. The van der Waals surface area contributed by atoms with Crippen LogP contribution in [0.3, 0.4) is 0 Å². The van der Waals surface area contributed by atoms with Gasteiger partial charge in [0.25, 0.3) is 5.91 Å². The van der Waals surface area contributed by atoms with E-state index in [-0.39, 0.29) is 17.3 Å². The monoisotopic (exact) mass is 492 g/mol. The highest BCUT2D eigenvalue weighted by molar-refractivity contribution is 7.89. The van der Waals surface area contributed by atoms with Gasteiger partial charge in [-0.3, -0.25) is 4.79 Å². The number of aromatic nitrogens is 1. The molecule has 8 nitrogen and oxygen atoms in total. The zero-order chi connectivity index (χ0) is 25.2. The summed E-state index contributed by atoms with van der Waals surface area (Å²) < 4.78 is 30.3. The fourth-order valence-corrected chi connectivity index (χ4v) is 6.81. The van der Waals surface area contributed by atoms with Crippen LogP contribution in [0.5, 0.6) is 0 Å². The van der Waals surface area contributed by atoms with E-state index in [9.17, 15) is 18.3 Å². The van der Waals surface area contributed by atoms with E-state index in [1.165, 1.54) is 0 Å². The molecule has 3 atom stereocenters. The van der Waals surface area contributed by atoms with Crippen LogP contribution in [0.4, 0.5) is 0 Å². The molecule has 1 N–H and O–H groups in total. The highest BCUT2D eigenvalue weighted by atomic mass is 32.2. The van der Waals surface area contributed by atoms with Crippen LogP contribution in [0.25, 0.3) is 10.9 Å². The van der Waals surface area contributed by atoms with Gasteiger partial charge in [0.2, 0.25) is 10.0 Å². The Labute approximate surface area is 204 Å². The first kappa shape index (κ1) is 26.7. The SMILES string of the molecule is CCN(CC)C(=O)c1cc2cc(S(=O)(=O)N3CC(C)CC(C)C3)ccc2n1CC(O)CN(C)C. The number of aliphatic hydroxyl groups excluding tert-OH is 1. The Morgan fingerprint density at radius 1 is 1.12 bits per heavy atom. The van der Waals surface area contributed by atoms with E-state index in [0.717, 1.165) is 11.9 Å². The Balaban J connectivity index is 2.06. The quantitative estimate of drug-likeness (QED) is 0.582. The van der Waals surface area contributed by atoms with Crippen molar-refractivity contribution in [1.29, 1.82) is 0 Å². The van der Waals surface area contributed by atoms with Crippen molar-refractivity contribution < 1.29 is 18.3 Å². The number of carbonyl (C=O) groups is 1. The number of likely N-dealkylation sites (N-methyl/N-ethyl adjacent to an activating group) is 1. The van der Waals surface area contributed by atoms with Gasteiger partial charge in [-0.1, -0.05) is 13.8 Å². The number of sulfonamides is 1. The normalized spacial score (nSPS) is 20.7. The molecule has 2 aromatic rings. The standard InChI is InChI=1S/C25H40N4O4S/c1-7-27(8-2)25(31)24-13-20-12-22(34(32,33)28-14-18(3)11-19(4)15-28)9-10-23(20)29(24)17-21(30)16-26(5)6/h9-10,12-13,18-19,21,30H,7-8,11,14-17H2,1-6H3. The number of carbonyl (C=O) groups excluding carboxylic acids is 1. The number of fused-ring (bicyclic) bond motifs is 1. The fraction of sp³-hybridized carbons (Fsp3) is 0.640. The summed E-state index contributed by atoms with van der Waals surface area (Å²) in [5.41, 5.74) is 1.21. The molecule has 0 aliphatic carbocycles. The summed E-state index contributed by atoms with van der Waals surface area (Å²) in [6, 6.07) is 6.82. The van der Waals surface area contributed by atoms with Gasteiger partial charge in [0, 0.05) is 43.6 Å². The van der Waals surface area contributed by atoms with Crippen LogP contribution in [0, 0.1) is 11.8 Å². The van der Waals surface area contributed by atoms with Crippen molar-refractivity contribution in [2.75, 3.05) is 46.8 Å². The minimum Gasteiger partial charge on any atom is -0.390 e. The minimum absolute atomic E-state index is 0.124. The van der Waals surface area contributed by atoms with Gasteiger partial charge < -0.3 is 19.5 Å². The summed E-state index contributed by atoms with van der Waals surface area (Å²) in [6.07, 6.45) is 0.355. The molecule has 0 radical (unpaired) electrons. The lowest BCUT2D eigenvalue weighted by atomic mass is 9.94. The Hall–Kier alpha value is -1.94. The van der Waals surface area contributed by atoms with Gasteiger partial charge in [-0.15, -0.1) is 0 Å². The number of rotatable bonds is 9. The first-order chi connectivity index (χ1) is 16.0. The number of piperidine rings is 1. The lowest BCUT2D eigenvalue weighted by Gasteiger charge is -2.34. The maximum atomic E-state index is 13.4. The Morgan fingerprint density at radius 2 is 1.74 bits per heavy atom. The first-order valence-corrected chi connectivity index (χ1v) is 13.7. The maximum absolute atomic E-state index is 13.4. The van der Waals surface area contributed by atoms with Crippen molar-refractivity contribution in [2.24, 2.45) is 11.8 Å². The molecule has 1 fully saturated rings. The second-order valence-corrected chi connectivity index (χ2v) is 12.0. The summed E-state index contributed by atoms with van der Waals surface area (Å²) in [4.78, 5) is 17.2. The molecule has 3 unspecified atom stereocenters. The molecule has 3 rings (SSSR count). The lowest BCUT2D eigenvalue weighted by Crippen LogP contribution is -2.42. The van der Waals surface area contributed by atoms with Gasteiger partial charge in [0.15, 0.2) is 0 Å². The van der Waals surface area contributed by atoms with Crippen molar-refractivity contribution in [2.45, 2.75) is 51.7 Å². The highest BCUT2D eigenvalue weighted by Crippen LogP contribution is 2.30. The van der Waals surface area contributed by atoms with E-state index < -0.39 is 16.1 Å². The van der Waals surface area contributed by atoms with E-state index in [1.54, 1.807) is 33.5 Å². The molecule has 1 aliphatic rings. The lowest BCUT2D eigenvalue weighted by molar-refractivity contribution is 0.0753. The van der Waals surface area contributed by atoms with Crippen LogP contribution < -0.4 is 0 Å². The van der Waals surface area contributed by atoms with E-state index >= 15 is 0 Å². The Morgan fingerprint density at radius 3 is 2.29 bits per heavy atom. The third-order valence-corrected chi connectivity index (χ3v) is 8.41.